The van der Waals surface area contributed by atoms with E-state index in [1.807, 2.05) is 19.1 Å². The van der Waals surface area contributed by atoms with Gasteiger partial charge in [-0.15, -0.1) is 0 Å². The molecule has 0 bridgehead atoms. The third-order valence-electron chi connectivity index (χ3n) is 6.05. The Morgan fingerprint density at radius 2 is 1.25 bits per heavy atom. The first-order valence-corrected chi connectivity index (χ1v) is 12.2. The van der Waals surface area contributed by atoms with Gasteiger partial charge in [-0.3, -0.25) is 4.39 Å². The minimum absolute atomic E-state index is 0.162. The summed E-state index contributed by atoms with van der Waals surface area (Å²) >= 11 is 0. The monoisotopic (exact) mass is 566 g/mol. The third kappa shape index (κ3) is 6.21. The first-order valence-electron chi connectivity index (χ1n) is 12.2. The highest BCUT2D eigenvalue weighted by Gasteiger charge is 2.41. The van der Waals surface area contributed by atoms with Crippen LogP contribution in [0.3, 0.4) is 0 Å². The summed E-state index contributed by atoms with van der Waals surface area (Å²) in [5.41, 5.74) is -0.145. The summed E-state index contributed by atoms with van der Waals surface area (Å²) in [5.74, 6) is -9.31. The molecule has 0 saturated heterocycles. The number of ether oxygens (including phenoxy) is 2. The minimum atomic E-state index is -4.71. The van der Waals surface area contributed by atoms with Crippen LogP contribution in [0.15, 0.2) is 66.7 Å². The van der Waals surface area contributed by atoms with Crippen LogP contribution in [0.2, 0.25) is 0 Å². The maximum absolute atomic E-state index is 14.9. The van der Waals surface area contributed by atoms with Gasteiger partial charge in [0.15, 0.2) is 17.4 Å². The lowest BCUT2D eigenvalue weighted by atomic mass is 9.97. The molecule has 0 N–H and O–H groups in total. The van der Waals surface area contributed by atoms with Crippen molar-refractivity contribution in [3.8, 4) is 33.8 Å². The van der Waals surface area contributed by atoms with Crippen molar-refractivity contribution in [1.82, 2.24) is 0 Å². The summed E-state index contributed by atoms with van der Waals surface area (Å²) < 4.78 is 124. The van der Waals surface area contributed by atoms with Gasteiger partial charge in [0.05, 0.1) is 13.3 Å². The van der Waals surface area contributed by atoms with Crippen LogP contribution in [-0.4, -0.2) is 13.3 Å². The predicted molar refractivity (Wildman–Crippen MR) is 134 cm³/mol. The zero-order valence-electron chi connectivity index (χ0n) is 21.0. The van der Waals surface area contributed by atoms with E-state index >= 15 is 0 Å². The maximum atomic E-state index is 14.9. The van der Waals surface area contributed by atoms with Crippen LogP contribution in [0, 0.1) is 29.1 Å². The molecule has 0 unspecified atom stereocenters. The second kappa shape index (κ2) is 12.0. The van der Waals surface area contributed by atoms with Gasteiger partial charge in [0.1, 0.15) is 28.8 Å². The zero-order valence-corrected chi connectivity index (χ0v) is 21.0. The van der Waals surface area contributed by atoms with Crippen LogP contribution in [-0.2, 0) is 12.5 Å². The fraction of sp³-hybridized carbons (Fsp3) is 0.200. The average molecular weight is 566 g/mol. The molecule has 4 aromatic rings. The molecule has 4 aromatic carbocycles. The SMILES string of the molecule is CCc1ccc(-c2ccc(-c3cc(F)c(C(F)(F)Oc4cc(F)c(OCCCF)c(F)c4)c(F)c3)c(F)c2)cc1. The number of rotatable bonds is 10. The van der Waals surface area contributed by atoms with Crippen molar-refractivity contribution < 1.29 is 44.6 Å². The molecule has 0 aliphatic carbocycles. The number of hydrogen-bond donors (Lipinski definition) is 0. The molecular formula is C30H22F8O2. The second-order valence-electron chi connectivity index (χ2n) is 8.79. The predicted octanol–water partition coefficient (Wildman–Crippen LogP) is 9.15. The van der Waals surface area contributed by atoms with E-state index < -0.39 is 58.9 Å². The molecule has 2 nitrogen and oxygen atoms in total. The van der Waals surface area contributed by atoms with Gasteiger partial charge < -0.3 is 9.47 Å². The van der Waals surface area contributed by atoms with Crippen molar-refractivity contribution >= 4 is 0 Å². The minimum Gasteiger partial charge on any atom is -0.488 e. The van der Waals surface area contributed by atoms with Gasteiger partial charge in [-0.25, -0.2) is 22.0 Å². The largest absolute Gasteiger partial charge is 0.488 e. The lowest BCUT2D eigenvalue weighted by molar-refractivity contribution is -0.189. The van der Waals surface area contributed by atoms with E-state index in [2.05, 4.69) is 4.74 Å². The molecule has 0 radical (unpaired) electrons. The summed E-state index contributed by atoms with van der Waals surface area (Å²) in [6.07, 6.45) is -4.05. The van der Waals surface area contributed by atoms with E-state index in [1.54, 1.807) is 12.1 Å². The standard InChI is InChI=1S/C30H22F8O2/c1-2-17-4-6-18(7-5-17)19-8-9-22(23(32)12-19)20-13-24(33)28(25(34)14-20)30(37,38)40-21-15-26(35)29(27(36)16-21)39-11-3-10-31/h4-9,12-16H,2-3,10-11H2,1H3. The van der Waals surface area contributed by atoms with Gasteiger partial charge in [0.25, 0.3) is 0 Å². The number of alkyl halides is 3. The van der Waals surface area contributed by atoms with Crippen LogP contribution in [0.4, 0.5) is 35.1 Å². The molecule has 10 heteroatoms. The number of halogens is 8. The van der Waals surface area contributed by atoms with E-state index in [0.717, 1.165) is 18.1 Å². The van der Waals surface area contributed by atoms with Crippen LogP contribution in [0.5, 0.6) is 11.5 Å². The van der Waals surface area contributed by atoms with Crippen LogP contribution < -0.4 is 9.47 Å². The Morgan fingerprint density at radius 1 is 0.675 bits per heavy atom. The molecule has 0 aliphatic heterocycles. The van der Waals surface area contributed by atoms with Gasteiger partial charge >= 0.3 is 6.11 Å². The topological polar surface area (TPSA) is 18.5 Å². The van der Waals surface area contributed by atoms with Crippen LogP contribution in [0.25, 0.3) is 22.3 Å². The summed E-state index contributed by atoms with van der Waals surface area (Å²) in [6.45, 7) is 0.803. The maximum Gasteiger partial charge on any atom is 0.432 e. The number of hydrogen-bond acceptors (Lipinski definition) is 2. The van der Waals surface area contributed by atoms with Gasteiger partial charge in [-0.2, -0.15) is 8.78 Å². The molecule has 0 fully saturated rings. The van der Waals surface area contributed by atoms with Crippen molar-refractivity contribution in [1.29, 1.82) is 0 Å². The van der Waals surface area contributed by atoms with Crippen molar-refractivity contribution in [2.24, 2.45) is 0 Å². The first-order chi connectivity index (χ1) is 19.0. The molecule has 0 heterocycles. The van der Waals surface area contributed by atoms with Gasteiger partial charge in [-0.05, 0) is 46.9 Å². The van der Waals surface area contributed by atoms with E-state index in [1.165, 1.54) is 12.1 Å². The van der Waals surface area contributed by atoms with Gasteiger partial charge in [0.2, 0.25) is 0 Å². The van der Waals surface area contributed by atoms with E-state index in [-0.39, 0.29) is 24.2 Å². The van der Waals surface area contributed by atoms with Crippen molar-refractivity contribution in [3.05, 3.63) is 107 Å². The second-order valence-corrected chi connectivity index (χ2v) is 8.79. The molecule has 0 atom stereocenters. The summed E-state index contributed by atoms with van der Waals surface area (Å²) in [4.78, 5) is 0. The molecule has 4 rings (SSSR count). The highest BCUT2D eigenvalue weighted by atomic mass is 19.3. The quantitative estimate of drug-likeness (QED) is 0.141. The Hall–Kier alpha value is -4.08. The summed E-state index contributed by atoms with van der Waals surface area (Å²) in [7, 11) is 0. The fourth-order valence-corrected chi connectivity index (χ4v) is 4.03. The van der Waals surface area contributed by atoms with Gasteiger partial charge in [0, 0.05) is 24.1 Å². The molecule has 0 aliphatic rings. The Kier molecular flexibility index (Phi) is 8.66. The number of benzene rings is 4. The highest BCUT2D eigenvalue weighted by Crippen LogP contribution is 2.39. The van der Waals surface area contributed by atoms with E-state index in [4.69, 9.17) is 4.74 Å². The lowest BCUT2D eigenvalue weighted by Crippen LogP contribution is -2.25. The van der Waals surface area contributed by atoms with Crippen molar-refractivity contribution in [3.63, 3.8) is 0 Å². The normalized spacial score (nSPS) is 11.5. The third-order valence-corrected chi connectivity index (χ3v) is 6.05. The lowest BCUT2D eigenvalue weighted by Gasteiger charge is -2.20. The van der Waals surface area contributed by atoms with Crippen LogP contribution >= 0.6 is 0 Å². The van der Waals surface area contributed by atoms with Gasteiger partial charge in [-0.1, -0.05) is 43.3 Å². The number of aryl methyl sites for hydroxylation is 1. The first kappa shape index (κ1) is 28.9. The smallest absolute Gasteiger partial charge is 0.432 e. The van der Waals surface area contributed by atoms with E-state index in [9.17, 15) is 35.1 Å². The Labute approximate surface area is 224 Å². The van der Waals surface area contributed by atoms with E-state index in [0.29, 0.717) is 35.4 Å². The molecule has 0 spiro atoms. The fourth-order valence-electron chi connectivity index (χ4n) is 4.03. The molecule has 0 saturated carbocycles. The Morgan fingerprint density at radius 3 is 1.80 bits per heavy atom. The van der Waals surface area contributed by atoms with Crippen molar-refractivity contribution in [2.75, 3.05) is 13.3 Å². The Bertz CT molecular complexity index is 1460. The molecule has 40 heavy (non-hydrogen) atoms. The summed E-state index contributed by atoms with van der Waals surface area (Å²) in [6, 6.07) is 13.0. The molecule has 0 aromatic heterocycles. The zero-order chi connectivity index (χ0) is 29.0. The molecular weight excluding hydrogens is 544 g/mol. The molecule has 0 amide bonds. The molecule has 210 valence electrons. The highest BCUT2D eigenvalue weighted by molar-refractivity contribution is 5.71. The average Bonchev–Trinajstić information content (AvgIpc) is 2.89. The van der Waals surface area contributed by atoms with Crippen molar-refractivity contribution in [2.45, 2.75) is 25.9 Å². The Balaban J connectivity index is 1.60. The summed E-state index contributed by atoms with van der Waals surface area (Å²) in [5, 5.41) is 0. The van der Waals surface area contributed by atoms with Crippen LogP contribution in [0.1, 0.15) is 24.5 Å².